The van der Waals surface area contributed by atoms with Gasteiger partial charge in [-0.15, -0.1) is 0 Å². The maximum Gasteiger partial charge on any atom is 0.417 e. The molecule has 1 aliphatic rings. The molecular weight excluding hydrogens is 267 g/mol. The Morgan fingerprint density at radius 3 is 2.60 bits per heavy atom. The van der Waals surface area contributed by atoms with Crippen LogP contribution in [0.4, 0.5) is 19.0 Å². The molecule has 0 aliphatic heterocycles. The Morgan fingerprint density at radius 1 is 1.35 bits per heavy atom. The fourth-order valence-corrected chi connectivity index (χ4v) is 2.99. The SMILES string of the molecule is CCN(c1ccc(C(F)(F)F)cn1)C1CCCC1CN. The number of nitrogens with two attached hydrogens (primary N) is 1. The normalized spacial score (nSPS) is 23.1. The van der Waals surface area contributed by atoms with Gasteiger partial charge in [-0.25, -0.2) is 4.98 Å². The number of halogens is 3. The van der Waals surface area contributed by atoms with Crippen molar-refractivity contribution in [3.05, 3.63) is 23.9 Å². The summed E-state index contributed by atoms with van der Waals surface area (Å²) in [5.74, 6) is 1.00. The largest absolute Gasteiger partial charge is 0.417 e. The summed E-state index contributed by atoms with van der Waals surface area (Å²) in [6, 6.07) is 2.84. The van der Waals surface area contributed by atoms with Gasteiger partial charge in [0.25, 0.3) is 0 Å². The van der Waals surface area contributed by atoms with Crippen LogP contribution in [0.1, 0.15) is 31.7 Å². The van der Waals surface area contributed by atoms with Gasteiger partial charge in [-0.2, -0.15) is 13.2 Å². The van der Waals surface area contributed by atoms with Crippen LogP contribution in [0.5, 0.6) is 0 Å². The van der Waals surface area contributed by atoms with Gasteiger partial charge in [0.15, 0.2) is 0 Å². The molecule has 0 saturated heterocycles. The van der Waals surface area contributed by atoms with Crippen LogP contribution in [0.3, 0.4) is 0 Å². The molecular formula is C14H20F3N3. The minimum atomic E-state index is -4.34. The molecule has 1 aromatic rings. The monoisotopic (exact) mass is 287 g/mol. The van der Waals surface area contributed by atoms with E-state index in [0.717, 1.165) is 38.1 Å². The second kappa shape index (κ2) is 5.99. The lowest BCUT2D eigenvalue weighted by molar-refractivity contribution is -0.137. The summed E-state index contributed by atoms with van der Waals surface area (Å²) in [6.45, 7) is 3.33. The second-order valence-electron chi connectivity index (χ2n) is 5.18. The number of pyridine rings is 1. The van der Waals surface area contributed by atoms with Crippen molar-refractivity contribution < 1.29 is 13.2 Å². The van der Waals surface area contributed by atoms with Crippen LogP contribution in [0.15, 0.2) is 18.3 Å². The van der Waals surface area contributed by atoms with Crippen molar-refractivity contribution >= 4 is 5.82 Å². The number of hydrogen-bond donors (Lipinski definition) is 1. The summed E-state index contributed by atoms with van der Waals surface area (Å²) in [5.41, 5.74) is 5.07. The van der Waals surface area contributed by atoms with Crippen LogP contribution in [-0.2, 0) is 6.18 Å². The first-order chi connectivity index (χ1) is 9.47. The molecule has 0 radical (unpaired) electrons. The Hall–Kier alpha value is -1.30. The molecule has 0 bridgehead atoms. The lowest BCUT2D eigenvalue weighted by atomic mass is 10.0. The predicted octanol–water partition coefficient (Wildman–Crippen LogP) is 3.05. The third kappa shape index (κ3) is 3.06. The van der Waals surface area contributed by atoms with Crippen molar-refractivity contribution in [2.24, 2.45) is 11.7 Å². The first kappa shape index (κ1) is 15.1. The van der Waals surface area contributed by atoms with Crippen LogP contribution in [0.2, 0.25) is 0 Å². The van der Waals surface area contributed by atoms with Crippen molar-refractivity contribution in [3.8, 4) is 0 Å². The summed E-state index contributed by atoms with van der Waals surface area (Å²) < 4.78 is 37.6. The molecule has 1 saturated carbocycles. The van der Waals surface area contributed by atoms with Crippen molar-refractivity contribution in [2.45, 2.75) is 38.4 Å². The summed E-state index contributed by atoms with van der Waals surface area (Å²) in [4.78, 5) is 6.07. The first-order valence-corrected chi connectivity index (χ1v) is 6.97. The van der Waals surface area contributed by atoms with E-state index >= 15 is 0 Å². The number of hydrogen-bond acceptors (Lipinski definition) is 3. The highest BCUT2D eigenvalue weighted by molar-refractivity contribution is 5.41. The van der Waals surface area contributed by atoms with Crippen molar-refractivity contribution in [1.82, 2.24) is 4.98 Å². The topological polar surface area (TPSA) is 42.2 Å². The number of anilines is 1. The Labute approximate surface area is 117 Å². The maximum atomic E-state index is 12.5. The lowest BCUT2D eigenvalue weighted by Gasteiger charge is -2.33. The van der Waals surface area contributed by atoms with Gasteiger partial charge in [0.2, 0.25) is 0 Å². The molecule has 6 heteroatoms. The van der Waals surface area contributed by atoms with Gasteiger partial charge in [-0.1, -0.05) is 6.42 Å². The highest BCUT2D eigenvalue weighted by Gasteiger charge is 2.33. The zero-order chi connectivity index (χ0) is 14.8. The number of aromatic nitrogens is 1. The predicted molar refractivity (Wildman–Crippen MR) is 72.4 cm³/mol. The number of alkyl halides is 3. The fraction of sp³-hybridized carbons (Fsp3) is 0.643. The second-order valence-corrected chi connectivity index (χ2v) is 5.18. The van der Waals surface area contributed by atoms with Crippen LogP contribution in [0.25, 0.3) is 0 Å². The summed E-state index contributed by atoms with van der Waals surface area (Å²) in [5, 5.41) is 0. The van der Waals surface area contributed by atoms with Gasteiger partial charge < -0.3 is 10.6 Å². The zero-order valence-corrected chi connectivity index (χ0v) is 11.5. The van der Waals surface area contributed by atoms with Crippen LogP contribution < -0.4 is 10.6 Å². The molecule has 2 rings (SSSR count). The van der Waals surface area contributed by atoms with Gasteiger partial charge >= 0.3 is 6.18 Å². The van der Waals surface area contributed by atoms with Gasteiger partial charge in [0, 0.05) is 18.8 Å². The molecule has 2 N–H and O–H groups in total. The average molecular weight is 287 g/mol. The first-order valence-electron chi connectivity index (χ1n) is 6.97. The zero-order valence-electron chi connectivity index (χ0n) is 11.5. The Kier molecular flexibility index (Phi) is 4.52. The highest BCUT2D eigenvalue weighted by Crippen LogP contribution is 2.33. The van der Waals surface area contributed by atoms with E-state index in [0.29, 0.717) is 18.3 Å². The van der Waals surface area contributed by atoms with E-state index < -0.39 is 11.7 Å². The number of nitrogens with zero attached hydrogens (tertiary/aromatic N) is 2. The lowest BCUT2D eigenvalue weighted by Crippen LogP contribution is -2.40. The van der Waals surface area contributed by atoms with E-state index in [9.17, 15) is 13.2 Å². The maximum absolute atomic E-state index is 12.5. The average Bonchev–Trinajstić information content (AvgIpc) is 2.87. The molecule has 20 heavy (non-hydrogen) atoms. The van der Waals surface area contributed by atoms with Crippen LogP contribution in [-0.4, -0.2) is 24.1 Å². The molecule has 1 heterocycles. The van der Waals surface area contributed by atoms with Gasteiger partial charge in [-0.3, -0.25) is 0 Å². The molecule has 0 spiro atoms. The molecule has 3 nitrogen and oxygen atoms in total. The van der Waals surface area contributed by atoms with E-state index in [1.165, 1.54) is 6.07 Å². The van der Waals surface area contributed by atoms with Crippen LogP contribution >= 0.6 is 0 Å². The Morgan fingerprint density at radius 2 is 2.10 bits per heavy atom. The Balaban J connectivity index is 2.19. The summed E-state index contributed by atoms with van der Waals surface area (Å²) >= 11 is 0. The molecule has 1 fully saturated rings. The van der Waals surface area contributed by atoms with E-state index in [1.807, 2.05) is 6.92 Å². The molecule has 0 amide bonds. The molecule has 2 unspecified atom stereocenters. The van der Waals surface area contributed by atoms with E-state index in [4.69, 9.17) is 5.73 Å². The summed E-state index contributed by atoms with van der Waals surface area (Å²) in [6.07, 6.45) is -0.208. The standard InChI is InChI=1S/C14H20F3N3/c1-2-20(12-5-3-4-10(12)8-18)13-7-6-11(9-19-13)14(15,16)17/h6-7,9-10,12H,2-5,8,18H2,1H3. The third-order valence-corrected chi connectivity index (χ3v) is 4.03. The van der Waals surface area contributed by atoms with Crippen molar-refractivity contribution in [3.63, 3.8) is 0 Å². The molecule has 1 aromatic heterocycles. The Bertz CT molecular complexity index is 430. The molecule has 112 valence electrons. The number of rotatable bonds is 4. The summed E-state index contributed by atoms with van der Waals surface area (Å²) in [7, 11) is 0. The van der Waals surface area contributed by atoms with E-state index in [1.54, 1.807) is 0 Å². The molecule has 2 atom stereocenters. The minimum Gasteiger partial charge on any atom is -0.354 e. The van der Waals surface area contributed by atoms with Gasteiger partial charge in [-0.05, 0) is 44.4 Å². The minimum absolute atomic E-state index is 0.286. The van der Waals surface area contributed by atoms with Crippen molar-refractivity contribution in [2.75, 3.05) is 18.0 Å². The molecule has 1 aliphatic carbocycles. The van der Waals surface area contributed by atoms with E-state index in [2.05, 4.69) is 9.88 Å². The quantitative estimate of drug-likeness (QED) is 0.925. The van der Waals surface area contributed by atoms with Gasteiger partial charge in [0.05, 0.1) is 5.56 Å². The fourth-order valence-electron chi connectivity index (χ4n) is 2.99. The van der Waals surface area contributed by atoms with Crippen LogP contribution in [0, 0.1) is 5.92 Å². The van der Waals surface area contributed by atoms with Crippen molar-refractivity contribution in [1.29, 1.82) is 0 Å². The smallest absolute Gasteiger partial charge is 0.354 e. The highest BCUT2D eigenvalue weighted by atomic mass is 19.4. The van der Waals surface area contributed by atoms with E-state index in [-0.39, 0.29) is 6.04 Å². The molecule has 0 aromatic carbocycles. The van der Waals surface area contributed by atoms with Gasteiger partial charge in [0.1, 0.15) is 5.82 Å². The third-order valence-electron chi connectivity index (χ3n) is 4.03.